The molecule has 0 aliphatic carbocycles. The summed E-state index contributed by atoms with van der Waals surface area (Å²) in [6.45, 7) is 6.38. The van der Waals surface area contributed by atoms with Crippen LogP contribution in [0.1, 0.15) is 20.8 Å². The SMILES string of the molecule is CC.COCCOc1ccc(Nc2ncc(F)c(Nc3cccc(NC(C)=O)c3)n2)cc1. The Hall–Kier alpha value is -3.72. The molecule has 0 unspecified atom stereocenters. The molecule has 32 heavy (non-hydrogen) atoms. The van der Waals surface area contributed by atoms with Crippen LogP contribution in [0.2, 0.25) is 0 Å². The number of nitrogens with one attached hydrogen (secondary N) is 3. The van der Waals surface area contributed by atoms with Gasteiger partial charge in [0.1, 0.15) is 12.4 Å². The fourth-order valence-electron chi connectivity index (χ4n) is 2.54. The number of carbonyl (C=O) groups excluding carboxylic acids is 1. The normalized spacial score (nSPS) is 9.91. The van der Waals surface area contributed by atoms with Gasteiger partial charge in [0.15, 0.2) is 11.6 Å². The minimum Gasteiger partial charge on any atom is -0.491 e. The topological polar surface area (TPSA) is 97.4 Å². The van der Waals surface area contributed by atoms with Gasteiger partial charge in [-0.2, -0.15) is 4.98 Å². The highest BCUT2D eigenvalue weighted by molar-refractivity contribution is 5.89. The molecule has 0 fully saturated rings. The van der Waals surface area contributed by atoms with Gasteiger partial charge in [0.25, 0.3) is 0 Å². The Labute approximate surface area is 187 Å². The van der Waals surface area contributed by atoms with Gasteiger partial charge in [-0.1, -0.05) is 19.9 Å². The molecule has 0 atom stereocenters. The summed E-state index contributed by atoms with van der Waals surface area (Å²) in [5.41, 5.74) is 1.88. The molecule has 3 N–H and O–H groups in total. The molecule has 1 aromatic heterocycles. The maximum Gasteiger partial charge on any atom is 0.229 e. The molecular weight excluding hydrogens is 413 g/mol. The lowest BCUT2D eigenvalue weighted by Gasteiger charge is -2.11. The minimum absolute atomic E-state index is 0.00648. The van der Waals surface area contributed by atoms with E-state index in [4.69, 9.17) is 9.47 Å². The largest absolute Gasteiger partial charge is 0.491 e. The van der Waals surface area contributed by atoms with Crippen molar-refractivity contribution in [3.8, 4) is 5.75 Å². The summed E-state index contributed by atoms with van der Waals surface area (Å²) in [5.74, 6) is 0.144. The van der Waals surface area contributed by atoms with Gasteiger partial charge in [-0.05, 0) is 42.5 Å². The average molecular weight is 442 g/mol. The molecule has 0 saturated heterocycles. The number of aromatic nitrogens is 2. The molecule has 2 aromatic carbocycles. The van der Waals surface area contributed by atoms with E-state index in [1.165, 1.54) is 6.92 Å². The smallest absolute Gasteiger partial charge is 0.229 e. The van der Waals surface area contributed by atoms with Crippen LogP contribution in [-0.2, 0) is 9.53 Å². The molecular formula is C23H28FN5O3. The Bertz CT molecular complexity index is 999. The molecule has 0 aliphatic rings. The Kier molecular flexibility index (Phi) is 9.86. The van der Waals surface area contributed by atoms with Crippen LogP contribution < -0.4 is 20.7 Å². The number of methoxy groups -OCH3 is 1. The summed E-state index contributed by atoms with van der Waals surface area (Å²) in [4.78, 5) is 19.4. The Morgan fingerprint density at radius 1 is 1.00 bits per heavy atom. The molecule has 1 amide bonds. The summed E-state index contributed by atoms with van der Waals surface area (Å²) >= 11 is 0. The molecule has 3 aromatic rings. The molecule has 0 saturated carbocycles. The van der Waals surface area contributed by atoms with Crippen molar-refractivity contribution < 1.29 is 18.7 Å². The molecule has 0 aliphatic heterocycles. The first-order chi connectivity index (χ1) is 15.5. The lowest BCUT2D eigenvalue weighted by Crippen LogP contribution is -2.06. The molecule has 8 nitrogen and oxygen atoms in total. The third-order valence-electron chi connectivity index (χ3n) is 3.86. The predicted molar refractivity (Wildman–Crippen MR) is 124 cm³/mol. The van der Waals surface area contributed by atoms with Crippen molar-refractivity contribution in [1.29, 1.82) is 0 Å². The van der Waals surface area contributed by atoms with Crippen molar-refractivity contribution in [2.75, 3.05) is 36.3 Å². The molecule has 1 heterocycles. The van der Waals surface area contributed by atoms with Gasteiger partial charge < -0.3 is 25.4 Å². The van der Waals surface area contributed by atoms with E-state index < -0.39 is 5.82 Å². The van der Waals surface area contributed by atoms with Crippen LogP contribution in [0.15, 0.2) is 54.7 Å². The van der Waals surface area contributed by atoms with E-state index in [1.807, 2.05) is 13.8 Å². The van der Waals surface area contributed by atoms with E-state index in [-0.39, 0.29) is 17.7 Å². The standard InChI is InChI=1S/C21H22FN5O3.C2H6/c1-14(28)24-16-4-3-5-17(12-16)25-20-19(22)13-23-21(27-20)26-15-6-8-18(9-7-15)30-11-10-29-2;1-2/h3-9,12-13H,10-11H2,1-2H3,(H,24,28)(H2,23,25,26,27);1-2H3. The second-order valence-corrected chi connectivity index (χ2v) is 6.27. The highest BCUT2D eigenvalue weighted by Crippen LogP contribution is 2.23. The van der Waals surface area contributed by atoms with Crippen molar-refractivity contribution in [2.24, 2.45) is 0 Å². The van der Waals surface area contributed by atoms with Gasteiger partial charge in [0.05, 0.1) is 12.8 Å². The highest BCUT2D eigenvalue weighted by Gasteiger charge is 2.09. The van der Waals surface area contributed by atoms with E-state index in [9.17, 15) is 9.18 Å². The number of ether oxygens (including phenoxy) is 2. The zero-order valence-corrected chi connectivity index (χ0v) is 18.6. The summed E-state index contributed by atoms with van der Waals surface area (Å²) in [5, 5.41) is 8.60. The second-order valence-electron chi connectivity index (χ2n) is 6.27. The van der Waals surface area contributed by atoms with Gasteiger partial charge in [-0.3, -0.25) is 4.79 Å². The van der Waals surface area contributed by atoms with Crippen molar-refractivity contribution in [3.63, 3.8) is 0 Å². The van der Waals surface area contributed by atoms with E-state index in [0.717, 1.165) is 11.9 Å². The van der Waals surface area contributed by atoms with Crippen LogP contribution in [0.25, 0.3) is 0 Å². The molecule has 0 bridgehead atoms. The van der Waals surface area contributed by atoms with Crippen LogP contribution in [0.5, 0.6) is 5.75 Å². The van der Waals surface area contributed by atoms with Gasteiger partial charge in [0, 0.05) is 31.1 Å². The van der Waals surface area contributed by atoms with Crippen molar-refractivity contribution >= 4 is 34.7 Å². The van der Waals surface area contributed by atoms with Gasteiger partial charge in [-0.15, -0.1) is 0 Å². The second kappa shape index (κ2) is 12.9. The van der Waals surface area contributed by atoms with E-state index in [2.05, 4.69) is 25.9 Å². The predicted octanol–water partition coefficient (Wildman–Crippen LogP) is 5.11. The lowest BCUT2D eigenvalue weighted by molar-refractivity contribution is -0.114. The number of amides is 1. The molecule has 0 radical (unpaired) electrons. The summed E-state index contributed by atoms with van der Waals surface area (Å²) in [6, 6.07) is 14.1. The average Bonchev–Trinajstić information content (AvgIpc) is 2.79. The Morgan fingerprint density at radius 2 is 1.72 bits per heavy atom. The zero-order chi connectivity index (χ0) is 23.3. The first-order valence-electron chi connectivity index (χ1n) is 10.2. The first kappa shape index (κ1) is 24.5. The monoisotopic (exact) mass is 441 g/mol. The van der Waals surface area contributed by atoms with Crippen molar-refractivity contribution in [1.82, 2.24) is 9.97 Å². The summed E-state index contributed by atoms with van der Waals surface area (Å²) < 4.78 is 24.7. The third kappa shape index (κ3) is 7.84. The van der Waals surface area contributed by atoms with Gasteiger partial charge in [0.2, 0.25) is 11.9 Å². The molecule has 9 heteroatoms. The van der Waals surface area contributed by atoms with E-state index >= 15 is 0 Å². The summed E-state index contributed by atoms with van der Waals surface area (Å²) in [6.07, 6.45) is 1.08. The molecule has 0 spiro atoms. The van der Waals surface area contributed by atoms with Crippen LogP contribution in [0, 0.1) is 5.82 Å². The number of benzene rings is 2. The number of halogens is 1. The fraction of sp³-hybridized carbons (Fsp3) is 0.261. The fourth-order valence-corrected chi connectivity index (χ4v) is 2.54. The van der Waals surface area contributed by atoms with Crippen LogP contribution >= 0.6 is 0 Å². The highest BCUT2D eigenvalue weighted by atomic mass is 19.1. The number of rotatable bonds is 9. The van der Waals surface area contributed by atoms with Crippen molar-refractivity contribution in [2.45, 2.75) is 20.8 Å². The third-order valence-corrected chi connectivity index (χ3v) is 3.86. The summed E-state index contributed by atoms with van der Waals surface area (Å²) in [7, 11) is 1.61. The van der Waals surface area contributed by atoms with Crippen molar-refractivity contribution in [3.05, 3.63) is 60.5 Å². The Morgan fingerprint density at radius 3 is 2.41 bits per heavy atom. The minimum atomic E-state index is -0.604. The van der Waals surface area contributed by atoms with E-state index in [1.54, 1.807) is 55.6 Å². The molecule has 170 valence electrons. The lowest BCUT2D eigenvalue weighted by atomic mass is 10.2. The number of hydrogen-bond donors (Lipinski definition) is 3. The van der Waals surface area contributed by atoms with Gasteiger partial charge in [-0.25, -0.2) is 9.37 Å². The Balaban J connectivity index is 0.00000176. The van der Waals surface area contributed by atoms with E-state index in [0.29, 0.717) is 30.3 Å². The maximum atomic E-state index is 14.2. The number of carbonyl (C=O) groups is 1. The number of nitrogens with zero attached hydrogens (tertiary/aromatic N) is 2. The van der Waals surface area contributed by atoms with Gasteiger partial charge >= 0.3 is 0 Å². The zero-order valence-electron chi connectivity index (χ0n) is 18.6. The van der Waals surface area contributed by atoms with Crippen LogP contribution in [-0.4, -0.2) is 36.2 Å². The van der Waals surface area contributed by atoms with Crippen LogP contribution in [0.4, 0.5) is 33.2 Å². The number of anilines is 5. The molecule has 3 rings (SSSR count). The van der Waals surface area contributed by atoms with Crippen LogP contribution in [0.3, 0.4) is 0 Å². The first-order valence-corrected chi connectivity index (χ1v) is 10.2. The maximum absolute atomic E-state index is 14.2. The number of hydrogen-bond acceptors (Lipinski definition) is 7. The quantitative estimate of drug-likeness (QED) is 0.397.